The minimum atomic E-state index is -0.648. The molecule has 5 nitrogen and oxygen atoms in total. The predicted octanol–water partition coefficient (Wildman–Crippen LogP) is 3.58. The third-order valence-corrected chi connectivity index (χ3v) is 7.64. The van der Waals surface area contributed by atoms with Crippen molar-refractivity contribution in [2.24, 2.45) is 23.2 Å². The topological polar surface area (TPSA) is 71.2 Å². The maximum absolute atomic E-state index is 13.5. The second-order valence-electron chi connectivity index (χ2n) is 9.15. The molecular weight excluding hydrogens is 352 g/mol. The summed E-state index contributed by atoms with van der Waals surface area (Å²) in [4.78, 5) is 29.2. The molecule has 0 spiro atoms. The number of carbonyl (C=O) groups is 2. The first-order valence-electron chi connectivity index (χ1n) is 10.5. The fourth-order valence-electron chi connectivity index (χ4n) is 6.47. The number of hydrogen-bond donors (Lipinski definition) is 2. The van der Waals surface area contributed by atoms with Crippen LogP contribution in [-0.4, -0.2) is 30.0 Å². The second-order valence-corrected chi connectivity index (χ2v) is 9.15. The summed E-state index contributed by atoms with van der Waals surface area (Å²) >= 11 is 0. The molecule has 1 amide bonds. The smallest absolute Gasteiger partial charge is 0.328 e. The zero-order valence-corrected chi connectivity index (χ0v) is 16.4. The van der Waals surface area contributed by atoms with Crippen molar-refractivity contribution in [1.29, 1.82) is 0 Å². The molecule has 1 heterocycles. The Balaban J connectivity index is 1.39. The normalized spacial score (nSPS) is 31.7. The van der Waals surface area contributed by atoms with Crippen molar-refractivity contribution < 1.29 is 14.3 Å². The number of esters is 1. The Hall–Kier alpha value is -2.30. The van der Waals surface area contributed by atoms with Crippen LogP contribution in [0.5, 0.6) is 0 Å². The molecule has 1 aromatic heterocycles. The van der Waals surface area contributed by atoms with Crippen LogP contribution in [0.3, 0.4) is 0 Å². The molecule has 3 bridgehead atoms. The van der Waals surface area contributed by atoms with E-state index in [1.165, 1.54) is 32.8 Å². The van der Waals surface area contributed by atoms with E-state index in [1.54, 1.807) is 0 Å². The summed E-state index contributed by atoms with van der Waals surface area (Å²) in [5, 5.41) is 4.20. The molecule has 5 rings (SSSR count). The summed E-state index contributed by atoms with van der Waals surface area (Å²) in [5.41, 5.74) is 1.81. The quantitative estimate of drug-likeness (QED) is 0.779. The van der Waals surface area contributed by atoms with Crippen molar-refractivity contribution >= 4 is 22.8 Å². The number of para-hydroxylation sites is 1. The Morgan fingerprint density at radius 2 is 2.04 bits per heavy atom. The molecule has 5 atom stereocenters. The van der Waals surface area contributed by atoms with Crippen LogP contribution in [0.4, 0.5) is 0 Å². The summed E-state index contributed by atoms with van der Waals surface area (Å²) in [6, 6.07) is 7.38. The highest BCUT2D eigenvalue weighted by Gasteiger charge is 2.58. The number of amides is 1. The molecule has 1 aromatic carbocycles. The van der Waals surface area contributed by atoms with Gasteiger partial charge in [-0.05, 0) is 61.5 Å². The van der Waals surface area contributed by atoms with Gasteiger partial charge in [-0.25, -0.2) is 4.79 Å². The summed E-state index contributed by atoms with van der Waals surface area (Å²) in [6.07, 6.45) is 9.29. The molecule has 5 heteroatoms. The van der Waals surface area contributed by atoms with Gasteiger partial charge in [0.15, 0.2) is 0 Å². The van der Waals surface area contributed by atoms with Crippen LogP contribution in [0.1, 0.15) is 44.1 Å². The Morgan fingerprint density at radius 1 is 1.21 bits per heavy atom. The summed E-state index contributed by atoms with van der Waals surface area (Å²) in [6.45, 7) is 0. The van der Waals surface area contributed by atoms with Gasteiger partial charge in [0.1, 0.15) is 6.04 Å². The van der Waals surface area contributed by atoms with Crippen molar-refractivity contribution in [3.63, 3.8) is 0 Å². The third-order valence-electron chi connectivity index (χ3n) is 7.64. The van der Waals surface area contributed by atoms with Gasteiger partial charge in [0.2, 0.25) is 5.91 Å². The minimum absolute atomic E-state index is 0.0830. The van der Waals surface area contributed by atoms with Crippen molar-refractivity contribution in [1.82, 2.24) is 10.3 Å². The highest BCUT2D eigenvalue weighted by molar-refractivity contribution is 5.90. The minimum Gasteiger partial charge on any atom is -0.467 e. The van der Waals surface area contributed by atoms with Crippen molar-refractivity contribution in [2.75, 3.05) is 7.11 Å². The Kier molecular flexibility index (Phi) is 4.22. The number of carbonyl (C=O) groups excluding carboxylic acids is 2. The zero-order valence-electron chi connectivity index (χ0n) is 16.4. The van der Waals surface area contributed by atoms with E-state index in [4.69, 9.17) is 4.74 Å². The van der Waals surface area contributed by atoms with E-state index in [1.807, 2.05) is 30.5 Å². The number of rotatable bonds is 5. The Morgan fingerprint density at radius 3 is 2.89 bits per heavy atom. The first kappa shape index (κ1) is 17.8. The molecule has 3 saturated carbocycles. The standard InChI is InChI=1S/C23H28N2O3/c1-28-21(26)20(10-16-13-24-19-5-3-2-4-18(16)19)25-22(27)23-11-14-6-7-17(23)9-15(8-14)12-23/h2-5,13-15,17,20,24H,6-12H2,1H3,(H,25,27)/t14-,15-,17-,20+,23+/m1/s1. The van der Waals surface area contributed by atoms with Gasteiger partial charge in [0.05, 0.1) is 12.5 Å². The summed E-state index contributed by atoms with van der Waals surface area (Å²) in [7, 11) is 1.39. The highest BCUT2D eigenvalue weighted by Crippen LogP contribution is 2.62. The lowest BCUT2D eigenvalue weighted by Crippen LogP contribution is -2.53. The fourth-order valence-corrected chi connectivity index (χ4v) is 6.47. The number of benzene rings is 1. The van der Waals surface area contributed by atoms with Gasteiger partial charge in [-0.2, -0.15) is 0 Å². The van der Waals surface area contributed by atoms with Crippen molar-refractivity contribution in [3.05, 3.63) is 36.0 Å². The number of nitrogens with one attached hydrogen (secondary N) is 2. The van der Waals surface area contributed by atoms with E-state index in [0.29, 0.717) is 24.2 Å². The first-order chi connectivity index (χ1) is 13.6. The fraction of sp³-hybridized carbons (Fsp3) is 0.565. The third kappa shape index (κ3) is 2.75. The molecule has 0 aliphatic heterocycles. The predicted molar refractivity (Wildman–Crippen MR) is 107 cm³/mol. The van der Waals surface area contributed by atoms with E-state index in [0.717, 1.165) is 29.3 Å². The van der Waals surface area contributed by atoms with Gasteiger partial charge in [-0.15, -0.1) is 0 Å². The van der Waals surface area contributed by atoms with Gasteiger partial charge >= 0.3 is 5.97 Å². The maximum atomic E-state index is 13.5. The number of aromatic nitrogens is 1. The van der Waals surface area contributed by atoms with Gasteiger partial charge < -0.3 is 15.0 Å². The Labute approximate surface area is 165 Å². The van der Waals surface area contributed by atoms with E-state index >= 15 is 0 Å². The van der Waals surface area contributed by atoms with Crippen LogP contribution in [0.25, 0.3) is 10.9 Å². The summed E-state index contributed by atoms with van der Waals surface area (Å²) < 4.78 is 5.04. The van der Waals surface area contributed by atoms with Crippen LogP contribution in [0.2, 0.25) is 0 Å². The van der Waals surface area contributed by atoms with Crippen LogP contribution in [-0.2, 0) is 20.7 Å². The highest BCUT2D eigenvalue weighted by atomic mass is 16.5. The average Bonchev–Trinajstić information content (AvgIpc) is 3.18. The maximum Gasteiger partial charge on any atom is 0.328 e. The van der Waals surface area contributed by atoms with Gasteiger partial charge in [0, 0.05) is 23.5 Å². The Bertz CT molecular complexity index is 919. The molecule has 2 N–H and O–H groups in total. The number of fused-ring (bicyclic) bond motifs is 3. The molecule has 3 aliphatic rings. The largest absolute Gasteiger partial charge is 0.467 e. The average molecular weight is 380 g/mol. The van der Waals surface area contributed by atoms with Crippen molar-refractivity contribution in [2.45, 2.75) is 51.0 Å². The molecule has 3 fully saturated rings. The molecule has 28 heavy (non-hydrogen) atoms. The van der Waals surface area contributed by atoms with Gasteiger partial charge in [-0.1, -0.05) is 24.6 Å². The molecular formula is C23H28N2O3. The van der Waals surface area contributed by atoms with E-state index in [9.17, 15) is 9.59 Å². The number of methoxy groups -OCH3 is 1. The van der Waals surface area contributed by atoms with Crippen LogP contribution < -0.4 is 5.32 Å². The van der Waals surface area contributed by atoms with Crippen molar-refractivity contribution in [3.8, 4) is 0 Å². The molecule has 0 radical (unpaired) electrons. The second kappa shape index (κ2) is 6.64. The lowest BCUT2D eigenvalue weighted by atomic mass is 9.61. The van der Waals surface area contributed by atoms with Crippen LogP contribution in [0.15, 0.2) is 30.5 Å². The number of hydrogen-bond acceptors (Lipinski definition) is 3. The number of ether oxygens (including phenoxy) is 1. The lowest BCUT2D eigenvalue weighted by Gasteiger charge is -2.44. The number of aromatic amines is 1. The molecule has 148 valence electrons. The zero-order chi connectivity index (χ0) is 19.3. The lowest BCUT2D eigenvalue weighted by molar-refractivity contribution is -0.148. The van der Waals surface area contributed by atoms with Gasteiger partial charge in [0.25, 0.3) is 0 Å². The van der Waals surface area contributed by atoms with E-state index < -0.39 is 6.04 Å². The molecule has 3 aliphatic carbocycles. The molecule has 2 aromatic rings. The van der Waals surface area contributed by atoms with Gasteiger partial charge in [-0.3, -0.25) is 4.79 Å². The van der Waals surface area contributed by atoms with Crippen LogP contribution >= 0.6 is 0 Å². The SMILES string of the molecule is COC(=O)[C@H](Cc1c[nH]c2ccccc12)NC(=O)[C@]12C[C@@H]3CC[C@@H]1C[C@@H](C3)C2. The monoisotopic (exact) mass is 380 g/mol. The summed E-state index contributed by atoms with van der Waals surface area (Å²) in [5.74, 6) is 1.59. The van der Waals surface area contributed by atoms with E-state index in [-0.39, 0.29) is 17.3 Å². The van der Waals surface area contributed by atoms with E-state index in [2.05, 4.69) is 10.3 Å². The number of H-pyrrole nitrogens is 1. The van der Waals surface area contributed by atoms with Crippen LogP contribution in [0, 0.1) is 23.2 Å². The first-order valence-corrected chi connectivity index (χ1v) is 10.5. The molecule has 0 saturated heterocycles. The molecule has 0 unspecified atom stereocenters.